The highest BCUT2D eigenvalue weighted by Gasteiger charge is 2.40. The maximum absolute atomic E-state index is 13.8. The molecule has 4 aromatic rings. The van der Waals surface area contributed by atoms with Crippen LogP contribution in [0.1, 0.15) is 25.7 Å². The fourth-order valence-electron chi connectivity index (χ4n) is 4.90. The van der Waals surface area contributed by atoms with Gasteiger partial charge in [-0.15, -0.1) is 0 Å². The van der Waals surface area contributed by atoms with Crippen molar-refractivity contribution in [1.82, 2.24) is 19.6 Å². The summed E-state index contributed by atoms with van der Waals surface area (Å²) in [5.41, 5.74) is 0.613. The van der Waals surface area contributed by atoms with Gasteiger partial charge in [-0.2, -0.15) is 4.31 Å². The first-order chi connectivity index (χ1) is 17.8. The normalized spacial score (nSPS) is 18.6. The van der Waals surface area contributed by atoms with Crippen molar-refractivity contribution in [1.29, 1.82) is 0 Å². The van der Waals surface area contributed by atoms with Crippen molar-refractivity contribution in [3.63, 3.8) is 0 Å². The van der Waals surface area contributed by atoms with E-state index in [4.69, 9.17) is 4.63 Å². The number of aromatic nitrogens is 3. The lowest BCUT2D eigenvalue weighted by Gasteiger charge is -2.39. The number of pyridine rings is 1. The summed E-state index contributed by atoms with van der Waals surface area (Å²) in [5.74, 6) is -0.265. The van der Waals surface area contributed by atoms with Crippen molar-refractivity contribution in [3.05, 3.63) is 72.2 Å². The van der Waals surface area contributed by atoms with E-state index in [0.717, 1.165) is 15.8 Å². The molecule has 0 atom stereocenters. The number of rotatable bonds is 5. The molecular formula is C26H23FN4O4S2. The first kappa shape index (κ1) is 24.2. The predicted octanol–water partition coefficient (Wildman–Crippen LogP) is 5.01. The number of piperidine rings is 1. The van der Waals surface area contributed by atoms with Gasteiger partial charge in [0.15, 0.2) is 11.0 Å². The molecule has 1 aliphatic carbocycles. The summed E-state index contributed by atoms with van der Waals surface area (Å²) in [6.45, 7) is 0.188. The van der Waals surface area contributed by atoms with E-state index in [0.29, 0.717) is 28.8 Å². The molecule has 6 rings (SSSR count). The summed E-state index contributed by atoms with van der Waals surface area (Å²) in [4.78, 5) is 6.07. The number of hydrogen-bond donors (Lipinski definition) is 1. The van der Waals surface area contributed by atoms with Gasteiger partial charge in [0.2, 0.25) is 10.0 Å². The molecule has 190 valence electrons. The van der Waals surface area contributed by atoms with Crippen LogP contribution in [0.25, 0.3) is 21.9 Å². The van der Waals surface area contributed by atoms with Crippen molar-refractivity contribution >= 4 is 43.7 Å². The second-order valence-electron chi connectivity index (χ2n) is 9.18. The summed E-state index contributed by atoms with van der Waals surface area (Å²) < 4.78 is 47.3. The molecule has 0 bridgehead atoms. The number of fused-ring (bicyclic) bond motifs is 2. The zero-order valence-corrected chi connectivity index (χ0v) is 21.3. The molecule has 37 heavy (non-hydrogen) atoms. The van der Waals surface area contributed by atoms with Gasteiger partial charge in [0.25, 0.3) is 0 Å². The zero-order valence-electron chi connectivity index (χ0n) is 19.7. The van der Waals surface area contributed by atoms with Gasteiger partial charge in [-0.3, -0.25) is 4.98 Å². The van der Waals surface area contributed by atoms with E-state index < -0.39 is 15.6 Å². The molecule has 11 heteroatoms. The molecule has 3 heterocycles. The number of halogens is 1. The second-order valence-corrected chi connectivity index (χ2v) is 12.2. The highest BCUT2D eigenvalue weighted by molar-refractivity contribution is 7.99. The number of sulfonamides is 1. The molecule has 0 spiro atoms. The van der Waals surface area contributed by atoms with E-state index in [1.807, 2.05) is 36.4 Å². The Hall–Kier alpha value is -3.12. The summed E-state index contributed by atoms with van der Waals surface area (Å²) in [5, 5.41) is 20.0. The van der Waals surface area contributed by atoms with Crippen LogP contribution in [0.3, 0.4) is 0 Å². The molecule has 0 amide bonds. The number of nitrogens with zero attached hydrogens (tertiary/aromatic N) is 4. The fourth-order valence-corrected chi connectivity index (χ4v) is 7.48. The summed E-state index contributed by atoms with van der Waals surface area (Å²) >= 11 is 1.41. The molecule has 1 fully saturated rings. The van der Waals surface area contributed by atoms with E-state index in [1.54, 1.807) is 12.3 Å². The van der Waals surface area contributed by atoms with Gasteiger partial charge in [0.1, 0.15) is 10.7 Å². The first-order valence-electron chi connectivity index (χ1n) is 11.9. The SMILES string of the molecule is O=S(=O)(c1ccc(Sc2cccc3cccnc23)c2nonc12)N1CCC(O)(C2=CCCC(F)=C2)CC1. The van der Waals surface area contributed by atoms with Crippen molar-refractivity contribution < 1.29 is 22.5 Å². The second kappa shape index (κ2) is 9.32. The lowest BCUT2D eigenvalue weighted by molar-refractivity contribution is 0.0311. The van der Waals surface area contributed by atoms with Crippen molar-refractivity contribution in [2.24, 2.45) is 0 Å². The van der Waals surface area contributed by atoms with E-state index in [1.165, 1.54) is 28.2 Å². The molecule has 2 aromatic carbocycles. The third kappa shape index (κ3) is 4.35. The molecule has 0 unspecified atom stereocenters. The molecule has 2 aliphatic rings. The van der Waals surface area contributed by atoms with E-state index in [2.05, 4.69) is 15.3 Å². The van der Waals surface area contributed by atoms with Crippen LogP contribution in [0.4, 0.5) is 4.39 Å². The molecule has 1 saturated heterocycles. The van der Waals surface area contributed by atoms with E-state index >= 15 is 0 Å². The van der Waals surface area contributed by atoms with Crippen molar-refractivity contribution in [2.45, 2.75) is 46.0 Å². The van der Waals surface area contributed by atoms with Crippen LogP contribution in [0.15, 0.2) is 91.5 Å². The first-order valence-corrected chi connectivity index (χ1v) is 14.2. The van der Waals surface area contributed by atoms with Gasteiger partial charge in [-0.05, 0) is 65.5 Å². The van der Waals surface area contributed by atoms with Crippen LogP contribution in [-0.2, 0) is 10.0 Å². The van der Waals surface area contributed by atoms with E-state index in [9.17, 15) is 17.9 Å². The largest absolute Gasteiger partial charge is 0.385 e. The maximum atomic E-state index is 13.8. The highest BCUT2D eigenvalue weighted by Crippen LogP contribution is 2.39. The zero-order chi connectivity index (χ0) is 25.6. The molecule has 0 saturated carbocycles. The Morgan fingerprint density at radius 1 is 1.00 bits per heavy atom. The quantitative estimate of drug-likeness (QED) is 0.378. The third-order valence-electron chi connectivity index (χ3n) is 6.92. The minimum atomic E-state index is -3.95. The topological polar surface area (TPSA) is 109 Å². The fraction of sp³-hybridized carbons (Fsp3) is 0.269. The standard InChI is InChI=1S/C26H23FN4O4S2/c27-19-7-2-6-18(16-19)26(32)11-14-31(15-12-26)37(33,34)22-10-9-21(24-25(22)30-35-29-24)36-20-8-1-4-17-5-3-13-28-23(17)20/h1,3-6,8-10,13,16,32H,2,7,11-12,14-15H2. The van der Waals surface area contributed by atoms with Gasteiger partial charge < -0.3 is 5.11 Å². The predicted molar refractivity (Wildman–Crippen MR) is 137 cm³/mol. The number of benzene rings is 2. The minimum absolute atomic E-state index is 0.00240. The number of para-hydroxylation sites is 1. The lowest BCUT2D eigenvalue weighted by Crippen LogP contribution is -2.47. The maximum Gasteiger partial charge on any atom is 0.245 e. The lowest BCUT2D eigenvalue weighted by atomic mass is 9.82. The number of allylic oxidation sites excluding steroid dienone is 2. The molecule has 8 nitrogen and oxygen atoms in total. The Kier molecular flexibility index (Phi) is 6.10. The molecule has 2 aromatic heterocycles. The smallest absolute Gasteiger partial charge is 0.245 e. The molecule has 1 N–H and O–H groups in total. The summed E-state index contributed by atoms with van der Waals surface area (Å²) in [6.07, 6.45) is 6.13. The Morgan fingerprint density at radius 3 is 2.57 bits per heavy atom. The molecule has 1 aliphatic heterocycles. The van der Waals surface area contributed by atoms with Crippen LogP contribution in [0.5, 0.6) is 0 Å². The van der Waals surface area contributed by atoms with E-state index in [-0.39, 0.29) is 42.2 Å². The Morgan fingerprint density at radius 2 is 1.76 bits per heavy atom. The number of hydrogen-bond acceptors (Lipinski definition) is 8. The van der Waals surface area contributed by atoms with Crippen LogP contribution in [-0.4, -0.2) is 51.8 Å². The monoisotopic (exact) mass is 538 g/mol. The van der Waals surface area contributed by atoms with Crippen LogP contribution >= 0.6 is 11.8 Å². The van der Waals surface area contributed by atoms with Gasteiger partial charge in [0.05, 0.1) is 11.1 Å². The molecule has 0 radical (unpaired) electrons. The van der Waals surface area contributed by atoms with Gasteiger partial charge in [0, 0.05) is 40.9 Å². The summed E-state index contributed by atoms with van der Waals surface area (Å²) in [6, 6.07) is 12.9. The van der Waals surface area contributed by atoms with Crippen LogP contribution < -0.4 is 0 Å². The average molecular weight is 539 g/mol. The molecular weight excluding hydrogens is 515 g/mol. The number of aliphatic hydroxyl groups is 1. The van der Waals surface area contributed by atoms with Crippen LogP contribution in [0, 0.1) is 0 Å². The summed E-state index contributed by atoms with van der Waals surface area (Å²) in [7, 11) is -3.95. The van der Waals surface area contributed by atoms with Crippen LogP contribution in [0.2, 0.25) is 0 Å². The third-order valence-corrected chi connectivity index (χ3v) is 9.95. The van der Waals surface area contributed by atoms with Crippen molar-refractivity contribution in [2.75, 3.05) is 13.1 Å². The Balaban J connectivity index is 1.28. The van der Waals surface area contributed by atoms with Gasteiger partial charge in [-0.1, -0.05) is 36.0 Å². The van der Waals surface area contributed by atoms with Gasteiger partial charge >= 0.3 is 0 Å². The highest BCUT2D eigenvalue weighted by atomic mass is 32.2. The van der Waals surface area contributed by atoms with Gasteiger partial charge in [-0.25, -0.2) is 17.4 Å². The minimum Gasteiger partial charge on any atom is -0.385 e. The van der Waals surface area contributed by atoms with Crippen molar-refractivity contribution in [3.8, 4) is 0 Å². The average Bonchev–Trinajstić information content (AvgIpc) is 3.40. The Labute approximate surface area is 216 Å². The Bertz CT molecular complexity index is 1670.